The number of nitrogens with two attached hydrogens (primary N) is 1. The lowest BCUT2D eigenvalue weighted by Gasteiger charge is -2.27. The number of hydrogen-bond donors (Lipinski definition) is 2. The quantitative estimate of drug-likeness (QED) is 0.577. The summed E-state index contributed by atoms with van der Waals surface area (Å²) >= 11 is 5.78. The molecule has 0 aliphatic carbocycles. The van der Waals surface area contributed by atoms with Gasteiger partial charge in [-0.25, -0.2) is 4.39 Å². The van der Waals surface area contributed by atoms with Crippen LogP contribution < -0.4 is 11.3 Å². The average Bonchev–Trinajstić information content (AvgIpc) is 2.33. The Hall–Kier alpha value is -0.640. The highest BCUT2D eigenvalue weighted by Crippen LogP contribution is 2.31. The second-order valence-corrected chi connectivity index (χ2v) is 5.08. The number of benzene rings is 1. The molecule has 0 bridgehead atoms. The number of hydrogen-bond acceptors (Lipinski definition) is 2. The first-order valence-electron chi connectivity index (χ1n) is 6.55. The maximum atomic E-state index is 13.9. The molecule has 0 spiro atoms. The highest BCUT2D eigenvalue weighted by molar-refractivity contribution is 6.30. The topological polar surface area (TPSA) is 38.0 Å². The monoisotopic (exact) mass is 272 g/mol. The van der Waals surface area contributed by atoms with Crippen LogP contribution in [0.5, 0.6) is 0 Å². The van der Waals surface area contributed by atoms with E-state index in [4.69, 9.17) is 17.4 Å². The Morgan fingerprint density at radius 3 is 2.33 bits per heavy atom. The molecule has 0 aliphatic rings. The van der Waals surface area contributed by atoms with E-state index in [1.807, 2.05) is 0 Å². The smallest absolute Gasteiger partial charge is 0.129 e. The molecular formula is C14H22ClFN2. The first-order chi connectivity index (χ1) is 8.63. The molecule has 1 atom stereocenters. The van der Waals surface area contributed by atoms with Gasteiger partial charge >= 0.3 is 0 Å². The van der Waals surface area contributed by atoms with Crippen molar-refractivity contribution in [2.75, 3.05) is 0 Å². The van der Waals surface area contributed by atoms with Gasteiger partial charge < -0.3 is 0 Å². The molecule has 1 aromatic carbocycles. The van der Waals surface area contributed by atoms with E-state index in [1.165, 1.54) is 6.07 Å². The van der Waals surface area contributed by atoms with Gasteiger partial charge in [-0.2, -0.15) is 0 Å². The average molecular weight is 273 g/mol. The van der Waals surface area contributed by atoms with Gasteiger partial charge in [0.25, 0.3) is 0 Å². The molecule has 4 heteroatoms. The number of hydrazine groups is 1. The first-order valence-corrected chi connectivity index (χ1v) is 6.92. The van der Waals surface area contributed by atoms with Crippen LogP contribution in [0.15, 0.2) is 18.2 Å². The van der Waals surface area contributed by atoms with E-state index in [2.05, 4.69) is 19.3 Å². The van der Waals surface area contributed by atoms with E-state index in [0.29, 0.717) is 16.5 Å². The maximum Gasteiger partial charge on any atom is 0.129 e. The summed E-state index contributed by atoms with van der Waals surface area (Å²) < 4.78 is 13.9. The number of nitrogens with one attached hydrogen (secondary N) is 1. The third kappa shape index (κ3) is 3.94. The molecule has 0 aliphatic heterocycles. The number of halogens is 2. The van der Waals surface area contributed by atoms with Crippen molar-refractivity contribution in [3.05, 3.63) is 34.6 Å². The van der Waals surface area contributed by atoms with Crippen LogP contribution in [0.1, 0.15) is 51.1 Å². The third-order valence-corrected chi connectivity index (χ3v) is 3.50. The molecule has 0 saturated heterocycles. The van der Waals surface area contributed by atoms with Crippen molar-refractivity contribution in [2.24, 2.45) is 11.8 Å². The minimum Gasteiger partial charge on any atom is -0.271 e. The molecule has 3 N–H and O–H groups in total. The molecular weight excluding hydrogens is 251 g/mol. The maximum absolute atomic E-state index is 13.9. The highest BCUT2D eigenvalue weighted by atomic mass is 35.5. The van der Waals surface area contributed by atoms with Crippen molar-refractivity contribution in [1.29, 1.82) is 0 Å². The molecule has 0 radical (unpaired) electrons. The zero-order chi connectivity index (χ0) is 13.5. The van der Waals surface area contributed by atoms with Gasteiger partial charge in [-0.3, -0.25) is 11.3 Å². The largest absolute Gasteiger partial charge is 0.271 e. The van der Waals surface area contributed by atoms with Gasteiger partial charge in [0, 0.05) is 10.6 Å². The molecule has 18 heavy (non-hydrogen) atoms. The van der Waals surface area contributed by atoms with E-state index >= 15 is 0 Å². The fourth-order valence-corrected chi connectivity index (χ4v) is 2.61. The minimum absolute atomic E-state index is 0.151. The molecule has 2 nitrogen and oxygen atoms in total. The van der Waals surface area contributed by atoms with Crippen LogP contribution in [0.4, 0.5) is 4.39 Å². The lowest BCUT2D eigenvalue weighted by molar-refractivity contribution is 0.312. The van der Waals surface area contributed by atoms with Crippen LogP contribution in [0.25, 0.3) is 0 Å². The zero-order valence-corrected chi connectivity index (χ0v) is 11.8. The van der Waals surface area contributed by atoms with Crippen molar-refractivity contribution in [2.45, 2.75) is 45.6 Å². The summed E-state index contributed by atoms with van der Waals surface area (Å²) in [6.07, 6.45) is 4.20. The van der Waals surface area contributed by atoms with Gasteiger partial charge in [0.05, 0.1) is 6.04 Å². The van der Waals surface area contributed by atoms with Crippen LogP contribution in [-0.4, -0.2) is 0 Å². The Labute approximate surface area is 114 Å². The summed E-state index contributed by atoms with van der Waals surface area (Å²) in [5, 5.41) is 0.412. The standard InChI is InChI=1S/C14H22ClFN2/c1-3-5-10(6-4-2)14(18-17)12-8-7-11(15)9-13(12)16/h7-10,14,18H,3-6,17H2,1-2H3. The number of rotatable bonds is 7. The van der Waals surface area contributed by atoms with E-state index < -0.39 is 0 Å². The molecule has 0 saturated carbocycles. The Morgan fingerprint density at radius 1 is 1.28 bits per heavy atom. The predicted molar refractivity (Wildman–Crippen MR) is 74.8 cm³/mol. The Balaban J connectivity index is 2.98. The molecule has 0 heterocycles. The molecule has 102 valence electrons. The molecule has 0 aromatic heterocycles. The lowest BCUT2D eigenvalue weighted by atomic mass is 9.86. The van der Waals surface area contributed by atoms with Gasteiger partial charge in [-0.15, -0.1) is 0 Å². The Morgan fingerprint density at radius 2 is 1.89 bits per heavy atom. The van der Waals surface area contributed by atoms with E-state index in [9.17, 15) is 4.39 Å². The summed E-state index contributed by atoms with van der Waals surface area (Å²) in [6.45, 7) is 4.27. The molecule has 1 aromatic rings. The first kappa shape index (κ1) is 15.4. The molecule has 0 fully saturated rings. The van der Waals surface area contributed by atoms with Gasteiger partial charge in [0.2, 0.25) is 0 Å². The van der Waals surface area contributed by atoms with Crippen molar-refractivity contribution in [3.63, 3.8) is 0 Å². The molecule has 1 rings (SSSR count). The SMILES string of the molecule is CCCC(CCC)C(NN)c1ccc(Cl)cc1F. The minimum atomic E-state index is -0.289. The second-order valence-electron chi connectivity index (χ2n) is 4.65. The Bertz CT molecular complexity index is 365. The third-order valence-electron chi connectivity index (χ3n) is 3.27. The fraction of sp³-hybridized carbons (Fsp3) is 0.571. The summed E-state index contributed by atoms with van der Waals surface area (Å²) in [6, 6.07) is 4.62. The molecule has 0 amide bonds. The van der Waals surface area contributed by atoms with Gasteiger partial charge in [-0.1, -0.05) is 44.4 Å². The van der Waals surface area contributed by atoms with Crippen LogP contribution in [0, 0.1) is 11.7 Å². The lowest BCUT2D eigenvalue weighted by Crippen LogP contribution is -2.34. The van der Waals surface area contributed by atoms with Crippen molar-refractivity contribution >= 4 is 11.6 Å². The van der Waals surface area contributed by atoms with Crippen LogP contribution in [-0.2, 0) is 0 Å². The van der Waals surface area contributed by atoms with Crippen LogP contribution in [0.2, 0.25) is 5.02 Å². The van der Waals surface area contributed by atoms with Gasteiger partial charge in [-0.05, 0) is 30.9 Å². The molecule has 1 unspecified atom stereocenters. The van der Waals surface area contributed by atoms with Crippen molar-refractivity contribution in [3.8, 4) is 0 Å². The van der Waals surface area contributed by atoms with Gasteiger partial charge in [0.1, 0.15) is 5.82 Å². The summed E-state index contributed by atoms with van der Waals surface area (Å²) in [5.74, 6) is 5.68. The van der Waals surface area contributed by atoms with Crippen molar-refractivity contribution < 1.29 is 4.39 Å². The summed E-state index contributed by atoms with van der Waals surface area (Å²) in [4.78, 5) is 0. The summed E-state index contributed by atoms with van der Waals surface area (Å²) in [5.41, 5.74) is 3.37. The normalized spacial score (nSPS) is 13.0. The van der Waals surface area contributed by atoms with Crippen molar-refractivity contribution in [1.82, 2.24) is 5.43 Å². The fourth-order valence-electron chi connectivity index (χ4n) is 2.45. The van der Waals surface area contributed by atoms with E-state index in [0.717, 1.165) is 25.7 Å². The zero-order valence-electron chi connectivity index (χ0n) is 11.0. The van der Waals surface area contributed by atoms with Crippen LogP contribution >= 0.6 is 11.6 Å². The highest BCUT2D eigenvalue weighted by Gasteiger charge is 2.23. The van der Waals surface area contributed by atoms with Gasteiger partial charge in [0.15, 0.2) is 0 Å². The second kappa shape index (κ2) is 7.72. The Kier molecular flexibility index (Phi) is 6.61. The van der Waals surface area contributed by atoms with E-state index in [-0.39, 0.29) is 11.9 Å². The predicted octanol–water partition coefficient (Wildman–Crippen LogP) is 4.20. The van der Waals surface area contributed by atoms with E-state index in [1.54, 1.807) is 12.1 Å². The summed E-state index contributed by atoms with van der Waals surface area (Å²) in [7, 11) is 0. The van der Waals surface area contributed by atoms with Crippen LogP contribution in [0.3, 0.4) is 0 Å².